The third kappa shape index (κ3) is 26.1. The fourth-order valence-electron chi connectivity index (χ4n) is 4.48. The van der Waals surface area contributed by atoms with Crippen LogP contribution in [-0.4, -0.2) is 99.6 Å². The fraction of sp³-hybridized carbons (Fsp3) is 0.839. The largest absolute Gasteiger partial charge is 0.356 e. The molecule has 0 atom stereocenters. The predicted octanol–water partition coefficient (Wildman–Crippen LogP) is 3.26. The lowest BCUT2D eigenvalue weighted by Gasteiger charge is -2.15. The number of hydrogen-bond donors (Lipinski definition) is 6. The summed E-state index contributed by atoms with van der Waals surface area (Å²) in [6.07, 6.45) is 12.0. The van der Waals surface area contributed by atoms with E-state index in [-0.39, 0.29) is 55.5 Å². The van der Waals surface area contributed by atoms with E-state index < -0.39 is 0 Å². The van der Waals surface area contributed by atoms with Gasteiger partial charge in [-0.1, -0.05) is 19.3 Å². The molecule has 14 nitrogen and oxygen atoms in total. The van der Waals surface area contributed by atoms with Gasteiger partial charge < -0.3 is 16.4 Å². The first-order valence-corrected chi connectivity index (χ1v) is 16.8. The highest BCUT2D eigenvalue weighted by molar-refractivity contribution is 5.76. The van der Waals surface area contributed by atoms with E-state index >= 15 is 0 Å². The molecule has 0 bridgehead atoms. The fourth-order valence-corrected chi connectivity index (χ4v) is 4.48. The van der Waals surface area contributed by atoms with Crippen molar-refractivity contribution >= 4 is 29.5 Å². The van der Waals surface area contributed by atoms with E-state index in [1.807, 2.05) is 0 Å². The predicted molar refractivity (Wildman–Crippen MR) is 169 cm³/mol. The molecule has 0 unspecified atom stereocenters. The second-order valence-electron chi connectivity index (χ2n) is 11.5. The number of carbonyl (C=O) groups excluding carboxylic acids is 5. The number of hydrogen-bond acceptors (Lipinski definition) is 9. The summed E-state index contributed by atoms with van der Waals surface area (Å²) < 4.78 is 0. The first kappa shape index (κ1) is 42.2. The van der Waals surface area contributed by atoms with Gasteiger partial charge in [0.2, 0.25) is 29.5 Å². The maximum atomic E-state index is 12.1. The molecule has 5 amide bonds. The Morgan fingerprint density at radius 1 is 0.489 bits per heavy atom. The van der Waals surface area contributed by atoms with Gasteiger partial charge in [0.05, 0.1) is 0 Å². The molecule has 0 aliphatic heterocycles. The molecule has 0 aromatic rings. The molecule has 0 aromatic heterocycles. The van der Waals surface area contributed by atoms with Crippen molar-refractivity contribution in [3.8, 4) is 0 Å². The molecule has 0 saturated carbocycles. The Kier molecular flexibility index (Phi) is 26.9. The number of unbranched alkanes of at least 4 members (excludes halogenated alkanes) is 10. The van der Waals surface area contributed by atoms with Crippen molar-refractivity contribution in [3.63, 3.8) is 0 Å². The highest BCUT2D eigenvalue weighted by Crippen LogP contribution is 2.08. The van der Waals surface area contributed by atoms with Crippen LogP contribution in [0.1, 0.15) is 129 Å². The first-order valence-electron chi connectivity index (χ1n) is 16.8. The first-order chi connectivity index (χ1) is 21.6. The second-order valence-corrected chi connectivity index (χ2v) is 11.5. The number of carbonyl (C=O) groups is 5. The van der Waals surface area contributed by atoms with Crippen LogP contribution in [0.25, 0.3) is 0 Å². The summed E-state index contributed by atoms with van der Waals surface area (Å²) in [6, 6.07) is 0. The molecule has 14 heteroatoms. The van der Waals surface area contributed by atoms with Crippen LogP contribution in [-0.2, 0) is 24.0 Å². The smallest absolute Gasteiger partial charge is 0.245 e. The minimum absolute atomic E-state index is 0.0426. The van der Waals surface area contributed by atoms with E-state index in [9.17, 15) is 39.6 Å². The molecule has 0 radical (unpaired) electrons. The van der Waals surface area contributed by atoms with Crippen molar-refractivity contribution in [2.24, 2.45) is 5.73 Å². The Morgan fingerprint density at radius 2 is 0.844 bits per heavy atom. The van der Waals surface area contributed by atoms with Crippen LogP contribution in [0.5, 0.6) is 0 Å². The van der Waals surface area contributed by atoms with Crippen LogP contribution in [0, 0.1) is 0 Å². The van der Waals surface area contributed by atoms with Crippen molar-refractivity contribution < 1.29 is 39.6 Å². The van der Waals surface area contributed by atoms with Gasteiger partial charge in [-0.05, 0) is 83.6 Å². The molecule has 0 aliphatic carbocycles. The van der Waals surface area contributed by atoms with Crippen LogP contribution in [0.3, 0.4) is 0 Å². The molecule has 45 heavy (non-hydrogen) atoms. The lowest BCUT2D eigenvalue weighted by atomic mass is 10.1. The van der Waals surface area contributed by atoms with Gasteiger partial charge in [-0.15, -0.1) is 0 Å². The Labute approximate surface area is 268 Å². The standard InChI is InChI=1S/C31H60N6O8/c1-27(38)35(43)24-15-5-12-22-33-28(39)17-8-3-10-20-31(42)37(45)26-16-6-13-23-34-29(40)18-7-2-9-19-30(41)36(44)25-14-4-11-21-32/h43-45H,2-26,32H2,1H3,(H,33,39)(H,34,40). The zero-order valence-electron chi connectivity index (χ0n) is 27.5. The van der Waals surface area contributed by atoms with E-state index in [4.69, 9.17) is 5.73 Å². The molecule has 262 valence electrons. The van der Waals surface area contributed by atoms with Crippen molar-refractivity contribution in [2.75, 3.05) is 39.3 Å². The lowest BCUT2D eigenvalue weighted by Crippen LogP contribution is -2.28. The summed E-state index contributed by atoms with van der Waals surface area (Å²) in [5, 5.41) is 36.9. The van der Waals surface area contributed by atoms with Crippen LogP contribution in [0.4, 0.5) is 0 Å². The van der Waals surface area contributed by atoms with E-state index in [0.717, 1.165) is 61.5 Å². The molecule has 0 spiro atoms. The summed E-state index contributed by atoms with van der Waals surface area (Å²) in [5.74, 6) is -1.11. The molecule has 0 heterocycles. The minimum Gasteiger partial charge on any atom is -0.356 e. The van der Waals surface area contributed by atoms with E-state index in [1.54, 1.807) is 0 Å². The minimum atomic E-state index is -0.388. The summed E-state index contributed by atoms with van der Waals surface area (Å²) in [7, 11) is 0. The number of nitrogens with one attached hydrogen (secondary N) is 2. The Hall–Kier alpha value is -2.81. The van der Waals surface area contributed by atoms with E-state index in [1.165, 1.54) is 6.92 Å². The van der Waals surface area contributed by atoms with Crippen molar-refractivity contribution in [2.45, 2.75) is 129 Å². The van der Waals surface area contributed by atoms with Crippen LogP contribution in [0.15, 0.2) is 0 Å². The van der Waals surface area contributed by atoms with E-state index in [2.05, 4.69) is 10.6 Å². The van der Waals surface area contributed by atoms with Crippen molar-refractivity contribution in [1.29, 1.82) is 0 Å². The third-order valence-electron chi connectivity index (χ3n) is 7.34. The van der Waals surface area contributed by atoms with Gasteiger partial charge in [0, 0.05) is 65.3 Å². The zero-order chi connectivity index (χ0) is 33.7. The van der Waals surface area contributed by atoms with Gasteiger partial charge in [-0.25, -0.2) is 15.2 Å². The van der Waals surface area contributed by atoms with Crippen LogP contribution >= 0.6 is 0 Å². The van der Waals surface area contributed by atoms with Crippen molar-refractivity contribution in [3.05, 3.63) is 0 Å². The molecule has 0 aromatic carbocycles. The van der Waals surface area contributed by atoms with Crippen molar-refractivity contribution in [1.82, 2.24) is 25.8 Å². The van der Waals surface area contributed by atoms with E-state index in [0.29, 0.717) is 89.0 Å². The zero-order valence-corrected chi connectivity index (χ0v) is 27.5. The SMILES string of the molecule is CC(=O)N(O)CCCCCNC(=O)CCCCCC(=O)N(O)CCCCCNC(=O)CCCCCC(=O)N(O)CCCCCN. The lowest BCUT2D eigenvalue weighted by molar-refractivity contribution is -0.166. The Morgan fingerprint density at radius 3 is 1.24 bits per heavy atom. The number of rotatable bonds is 29. The number of nitrogens with zero attached hydrogens (tertiary/aromatic N) is 3. The van der Waals surface area contributed by atoms with Gasteiger partial charge in [-0.3, -0.25) is 39.6 Å². The highest BCUT2D eigenvalue weighted by Gasteiger charge is 2.12. The number of amides is 5. The topological polar surface area (TPSA) is 206 Å². The molecule has 0 saturated heterocycles. The molecular formula is C31H60N6O8. The quantitative estimate of drug-likeness (QED) is 0.0401. The summed E-state index contributed by atoms with van der Waals surface area (Å²) in [4.78, 5) is 58.8. The summed E-state index contributed by atoms with van der Waals surface area (Å²) in [6.45, 7) is 3.81. The molecular weight excluding hydrogens is 584 g/mol. The van der Waals surface area contributed by atoms with Crippen LogP contribution in [0.2, 0.25) is 0 Å². The molecule has 7 N–H and O–H groups in total. The van der Waals surface area contributed by atoms with Gasteiger partial charge in [0.25, 0.3) is 0 Å². The molecule has 0 fully saturated rings. The van der Waals surface area contributed by atoms with Gasteiger partial charge in [0.15, 0.2) is 0 Å². The maximum absolute atomic E-state index is 12.1. The normalized spacial score (nSPS) is 10.8. The Balaban J connectivity index is 3.62. The summed E-state index contributed by atoms with van der Waals surface area (Å²) >= 11 is 0. The van der Waals surface area contributed by atoms with Gasteiger partial charge in [0.1, 0.15) is 0 Å². The second kappa shape index (κ2) is 28.6. The number of nitrogens with two attached hydrogens (primary N) is 1. The van der Waals surface area contributed by atoms with Gasteiger partial charge >= 0.3 is 0 Å². The summed E-state index contributed by atoms with van der Waals surface area (Å²) in [5.41, 5.74) is 5.43. The monoisotopic (exact) mass is 644 g/mol. The maximum Gasteiger partial charge on any atom is 0.245 e. The average Bonchev–Trinajstić information content (AvgIpc) is 3.01. The number of hydroxylamine groups is 6. The van der Waals surface area contributed by atoms with Gasteiger partial charge in [-0.2, -0.15) is 0 Å². The van der Waals surface area contributed by atoms with Crippen LogP contribution < -0.4 is 16.4 Å². The molecule has 0 rings (SSSR count). The third-order valence-corrected chi connectivity index (χ3v) is 7.34. The highest BCUT2D eigenvalue weighted by atomic mass is 16.5. The molecule has 0 aliphatic rings. The Bertz CT molecular complexity index is 832. The average molecular weight is 645 g/mol.